The Labute approximate surface area is 79.5 Å². The zero-order valence-electron chi connectivity index (χ0n) is 7.12. The van der Waals surface area contributed by atoms with Gasteiger partial charge in [0.25, 0.3) is 0 Å². The predicted molar refractivity (Wildman–Crippen MR) is 49.6 cm³/mol. The van der Waals surface area contributed by atoms with E-state index in [1.54, 1.807) is 0 Å². The van der Waals surface area contributed by atoms with Gasteiger partial charge < -0.3 is 14.8 Å². The summed E-state index contributed by atoms with van der Waals surface area (Å²) in [6, 6.07) is 0. The third kappa shape index (κ3) is 1.35. The fraction of sp³-hybridized carbons (Fsp3) is 0.375. The molecule has 0 saturated carbocycles. The van der Waals surface area contributed by atoms with E-state index in [4.69, 9.17) is 4.74 Å². The minimum atomic E-state index is -0.316. The maximum atomic E-state index is 11.2. The molecule has 1 aliphatic heterocycles. The van der Waals surface area contributed by atoms with Gasteiger partial charge in [0, 0.05) is 11.9 Å². The van der Waals surface area contributed by atoms with Crippen LogP contribution in [0.15, 0.2) is 5.38 Å². The average Bonchev–Trinajstić information content (AvgIpc) is 2.60. The van der Waals surface area contributed by atoms with Gasteiger partial charge in [-0.05, 0) is 0 Å². The molecule has 0 spiro atoms. The molecule has 4 nitrogen and oxygen atoms in total. The van der Waals surface area contributed by atoms with Crippen LogP contribution in [0.1, 0.15) is 9.67 Å². The van der Waals surface area contributed by atoms with Gasteiger partial charge in [0.1, 0.15) is 17.2 Å². The molecule has 1 N–H and O–H groups in total. The lowest BCUT2D eigenvalue weighted by molar-refractivity contribution is 0.0607. The van der Waals surface area contributed by atoms with Crippen LogP contribution in [0.25, 0.3) is 0 Å². The quantitative estimate of drug-likeness (QED) is 0.693. The van der Waals surface area contributed by atoms with E-state index in [9.17, 15) is 4.79 Å². The number of hydrogen-bond acceptors (Lipinski definition) is 5. The van der Waals surface area contributed by atoms with E-state index in [0.29, 0.717) is 11.5 Å². The van der Waals surface area contributed by atoms with E-state index < -0.39 is 0 Å². The molecule has 0 fully saturated rings. The largest absolute Gasteiger partial charge is 0.489 e. The second kappa shape index (κ2) is 3.26. The van der Waals surface area contributed by atoms with E-state index >= 15 is 0 Å². The second-order valence-corrected chi connectivity index (χ2v) is 3.45. The Bertz CT molecular complexity index is 334. The Kier molecular flexibility index (Phi) is 2.10. The number of carbonyl (C=O) groups is 1. The summed E-state index contributed by atoms with van der Waals surface area (Å²) < 4.78 is 9.98. The summed E-state index contributed by atoms with van der Waals surface area (Å²) in [6.07, 6.45) is 0. The second-order valence-electron chi connectivity index (χ2n) is 2.57. The van der Waals surface area contributed by atoms with Gasteiger partial charge in [-0.15, -0.1) is 11.3 Å². The highest BCUT2D eigenvalue weighted by molar-refractivity contribution is 7.13. The van der Waals surface area contributed by atoms with Crippen LogP contribution in [0.3, 0.4) is 0 Å². The minimum Gasteiger partial charge on any atom is -0.489 e. The Balaban J connectivity index is 2.36. The van der Waals surface area contributed by atoms with Crippen LogP contribution in [0.5, 0.6) is 5.75 Å². The first kappa shape index (κ1) is 8.37. The normalized spacial score (nSPS) is 13.9. The molecule has 0 aliphatic carbocycles. The summed E-state index contributed by atoms with van der Waals surface area (Å²) in [5.74, 6) is 0.431. The number of hydrogen-bond donors (Lipinski definition) is 1. The fourth-order valence-electron chi connectivity index (χ4n) is 1.20. The van der Waals surface area contributed by atoms with Crippen LogP contribution in [-0.4, -0.2) is 26.2 Å². The fourth-order valence-corrected chi connectivity index (χ4v) is 2.08. The predicted octanol–water partition coefficient (Wildman–Crippen LogP) is 1.34. The number of esters is 1. The third-order valence-electron chi connectivity index (χ3n) is 1.79. The monoisotopic (exact) mass is 199 g/mol. The van der Waals surface area contributed by atoms with Gasteiger partial charge in [0.15, 0.2) is 5.75 Å². The molecule has 13 heavy (non-hydrogen) atoms. The van der Waals surface area contributed by atoms with Crippen molar-refractivity contribution in [1.29, 1.82) is 0 Å². The van der Waals surface area contributed by atoms with Gasteiger partial charge >= 0.3 is 5.97 Å². The molecule has 0 unspecified atom stereocenters. The van der Waals surface area contributed by atoms with Crippen molar-refractivity contribution in [3.8, 4) is 5.75 Å². The smallest absolute Gasteiger partial charge is 0.350 e. The number of ether oxygens (including phenoxy) is 2. The number of anilines is 1. The zero-order chi connectivity index (χ0) is 9.26. The van der Waals surface area contributed by atoms with Crippen molar-refractivity contribution in [3.63, 3.8) is 0 Å². The highest BCUT2D eigenvalue weighted by Gasteiger charge is 2.21. The van der Waals surface area contributed by atoms with Crippen LogP contribution < -0.4 is 10.1 Å². The van der Waals surface area contributed by atoms with Crippen molar-refractivity contribution in [1.82, 2.24) is 0 Å². The summed E-state index contributed by atoms with van der Waals surface area (Å²) in [5, 5.41) is 4.92. The lowest BCUT2D eigenvalue weighted by Gasteiger charge is -2.15. The summed E-state index contributed by atoms with van der Waals surface area (Å²) in [6.45, 7) is 1.37. The standard InChI is InChI=1S/C8H9NO3S/c1-11-8(10)7-6-5(4-13-7)12-3-2-9-6/h4,9H,2-3H2,1H3. The third-order valence-corrected chi connectivity index (χ3v) is 2.73. The highest BCUT2D eigenvalue weighted by Crippen LogP contribution is 2.36. The molecule has 0 bridgehead atoms. The molecule has 1 aromatic rings. The molecule has 70 valence electrons. The van der Waals surface area contributed by atoms with Gasteiger partial charge in [0.2, 0.25) is 0 Å². The summed E-state index contributed by atoms with van der Waals surface area (Å²) in [4.78, 5) is 11.8. The number of rotatable bonds is 1. The van der Waals surface area contributed by atoms with Crippen LogP contribution in [0.4, 0.5) is 5.69 Å². The van der Waals surface area contributed by atoms with E-state index in [2.05, 4.69) is 10.1 Å². The van der Waals surface area contributed by atoms with Crippen molar-refractivity contribution in [2.24, 2.45) is 0 Å². The van der Waals surface area contributed by atoms with E-state index in [-0.39, 0.29) is 5.97 Å². The van der Waals surface area contributed by atoms with Crippen LogP contribution in [0, 0.1) is 0 Å². The highest BCUT2D eigenvalue weighted by atomic mass is 32.1. The molecule has 0 amide bonds. The lowest BCUT2D eigenvalue weighted by Crippen LogP contribution is -2.18. The Morgan fingerprint density at radius 3 is 3.38 bits per heavy atom. The lowest BCUT2D eigenvalue weighted by atomic mass is 10.3. The number of thiophene rings is 1. The molecule has 2 heterocycles. The molecule has 2 rings (SSSR count). The summed E-state index contributed by atoms with van der Waals surface area (Å²) >= 11 is 1.34. The van der Waals surface area contributed by atoms with Gasteiger partial charge in [0.05, 0.1) is 7.11 Å². The van der Waals surface area contributed by atoms with E-state index in [1.165, 1.54) is 18.4 Å². The van der Waals surface area contributed by atoms with Gasteiger partial charge in [-0.3, -0.25) is 0 Å². The SMILES string of the molecule is COC(=O)c1scc2c1NCCO2. The molecule has 1 aromatic heterocycles. The van der Waals surface area contributed by atoms with Gasteiger partial charge in [-0.2, -0.15) is 0 Å². The molecular formula is C8H9NO3S. The van der Waals surface area contributed by atoms with Crippen LogP contribution in [0.2, 0.25) is 0 Å². The molecule has 1 aliphatic rings. The summed E-state index contributed by atoms with van der Waals surface area (Å²) in [7, 11) is 1.37. The van der Waals surface area contributed by atoms with Crippen molar-refractivity contribution >= 4 is 23.0 Å². The van der Waals surface area contributed by atoms with Crippen molar-refractivity contribution < 1.29 is 14.3 Å². The maximum absolute atomic E-state index is 11.2. The molecule has 0 radical (unpaired) electrons. The number of carbonyl (C=O) groups excluding carboxylic acids is 1. The van der Waals surface area contributed by atoms with E-state index in [0.717, 1.165) is 18.0 Å². The van der Waals surface area contributed by atoms with Crippen LogP contribution >= 0.6 is 11.3 Å². The molecular weight excluding hydrogens is 190 g/mol. The van der Waals surface area contributed by atoms with Gasteiger partial charge in [-0.1, -0.05) is 0 Å². The first-order chi connectivity index (χ1) is 6.33. The Hall–Kier alpha value is -1.23. The molecule has 5 heteroatoms. The minimum absolute atomic E-state index is 0.316. The van der Waals surface area contributed by atoms with Gasteiger partial charge in [-0.25, -0.2) is 4.79 Å². The first-order valence-corrected chi connectivity index (χ1v) is 4.77. The Morgan fingerprint density at radius 1 is 1.77 bits per heavy atom. The molecule has 0 atom stereocenters. The number of nitrogens with one attached hydrogen (secondary N) is 1. The van der Waals surface area contributed by atoms with Crippen LogP contribution in [-0.2, 0) is 4.74 Å². The number of methoxy groups -OCH3 is 1. The Morgan fingerprint density at radius 2 is 2.62 bits per heavy atom. The zero-order valence-corrected chi connectivity index (χ0v) is 7.94. The van der Waals surface area contributed by atoms with E-state index in [1.807, 2.05) is 5.38 Å². The average molecular weight is 199 g/mol. The molecule has 0 saturated heterocycles. The topological polar surface area (TPSA) is 47.6 Å². The molecule has 0 aromatic carbocycles. The van der Waals surface area contributed by atoms with Crippen molar-refractivity contribution in [2.75, 3.05) is 25.6 Å². The first-order valence-electron chi connectivity index (χ1n) is 3.89. The van der Waals surface area contributed by atoms with Crippen molar-refractivity contribution in [2.45, 2.75) is 0 Å². The van der Waals surface area contributed by atoms with Crippen molar-refractivity contribution in [3.05, 3.63) is 10.3 Å². The number of fused-ring (bicyclic) bond motifs is 1. The summed E-state index contributed by atoms with van der Waals surface area (Å²) in [5.41, 5.74) is 0.767. The maximum Gasteiger partial charge on any atom is 0.350 e.